The average molecular weight is 1300 g/mol. The van der Waals surface area contributed by atoms with E-state index in [4.69, 9.17) is 0 Å². The molecule has 0 saturated heterocycles. The molecular weight excluding hydrogens is 1230 g/mol. The topological polar surface area (TPSA) is 6.48 Å². The Hall–Kier alpha value is -13.1. The molecule has 0 spiro atoms. The first-order valence-corrected chi connectivity index (χ1v) is 35.4. The molecule has 0 bridgehead atoms. The highest BCUT2D eigenvalue weighted by Crippen LogP contribution is 2.59. The van der Waals surface area contributed by atoms with E-state index in [1.165, 1.54) is 111 Å². The molecule has 0 radical (unpaired) electrons. The van der Waals surface area contributed by atoms with Crippen LogP contribution in [0.1, 0.15) is 44.5 Å². The number of hydrogen-bond acceptors (Lipinski definition) is 2. The first-order valence-electron chi connectivity index (χ1n) is 35.4. The Bertz CT molecular complexity index is 5500. The molecule has 0 saturated carbocycles. The molecule has 102 heavy (non-hydrogen) atoms. The van der Waals surface area contributed by atoms with Gasteiger partial charge in [0.2, 0.25) is 0 Å². The first kappa shape index (κ1) is 60.1. The molecular formula is C100H68N2. The lowest BCUT2D eigenvalue weighted by Gasteiger charge is -2.35. The fourth-order valence-corrected chi connectivity index (χ4v) is 17.1. The lowest BCUT2D eigenvalue weighted by atomic mass is 9.67. The fraction of sp³-hybridized carbons (Fsp3) is 0.0200. The molecule has 17 aromatic carbocycles. The number of benzene rings is 17. The van der Waals surface area contributed by atoms with Gasteiger partial charge in [0.05, 0.1) is 10.8 Å². The van der Waals surface area contributed by atoms with Gasteiger partial charge in [-0.25, -0.2) is 0 Å². The van der Waals surface area contributed by atoms with Gasteiger partial charge in [-0.3, -0.25) is 0 Å². The number of hydrogen-bond donors (Lipinski definition) is 0. The highest BCUT2D eigenvalue weighted by molar-refractivity contribution is 6.00. The molecule has 2 aliphatic carbocycles. The third-order valence-corrected chi connectivity index (χ3v) is 21.7. The van der Waals surface area contributed by atoms with Crippen LogP contribution >= 0.6 is 0 Å². The lowest BCUT2D eigenvalue weighted by molar-refractivity contribution is 0.768. The van der Waals surface area contributed by atoms with Crippen LogP contribution in [0.4, 0.5) is 34.1 Å². The molecule has 19 rings (SSSR count). The maximum absolute atomic E-state index is 2.47. The molecule has 0 aromatic heterocycles. The second-order valence-corrected chi connectivity index (χ2v) is 27.0. The van der Waals surface area contributed by atoms with Crippen LogP contribution in [0, 0.1) is 0 Å². The van der Waals surface area contributed by atoms with Crippen LogP contribution in [0.25, 0.3) is 88.3 Å². The Morgan fingerprint density at radius 1 is 0.157 bits per heavy atom. The van der Waals surface area contributed by atoms with Gasteiger partial charge < -0.3 is 9.80 Å². The van der Waals surface area contributed by atoms with Crippen LogP contribution < -0.4 is 9.80 Å². The van der Waals surface area contributed by atoms with Crippen molar-refractivity contribution >= 4 is 55.7 Å². The Kier molecular flexibility index (Phi) is 14.7. The summed E-state index contributed by atoms with van der Waals surface area (Å²) in [7, 11) is 0. The predicted molar refractivity (Wildman–Crippen MR) is 427 cm³/mol. The van der Waals surface area contributed by atoms with Crippen molar-refractivity contribution in [1.29, 1.82) is 0 Å². The van der Waals surface area contributed by atoms with Crippen molar-refractivity contribution in [2.75, 3.05) is 9.80 Å². The van der Waals surface area contributed by atoms with Crippen LogP contribution in [-0.4, -0.2) is 0 Å². The normalized spacial score (nSPS) is 12.9. The van der Waals surface area contributed by atoms with Gasteiger partial charge in [0, 0.05) is 34.1 Å². The Morgan fingerprint density at radius 3 is 0.745 bits per heavy atom. The van der Waals surface area contributed by atoms with Gasteiger partial charge in [-0.2, -0.15) is 0 Å². The average Bonchev–Trinajstić information content (AvgIpc) is 1.54. The molecule has 0 unspecified atom stereocenters. The fourth-order valence-electron chi connectivity index (χ4n) is 17.1. The maximum atomic E-state index is 2.47. The molecule has 0 fully saturated rings. The number of anilines is 6. The Balaban J connectivity index is 0.720. The molecule has 0 N–H and O–H groups in total. The van der Waals surface area contributed by atoms with Crippen molar-refractivity contribution < 1.29 is 0 Å². The van der Waals surface area contributed by atoms with Crippen molar-refractivity contribution in [3.63, 3.8) is 0 Å². The zero-order valence-electron chi connectivity index (χ0n) is 56.2. The zero-order valence-corrected chi connectivity index (χ0v) is 56.2. The standard InChI is InChI=1S/C100H68N2/c1-5-29-75(30-6-1)99(76-31-7-2-8-32-76)95-45-21-19-41-91(95)93-65-63-83(67-97(93)99)101(81-59-51-73(52-60-81)89-43-23-27-69-25-13-15-37-85(69)89)79-55-47-71(48-56-79)87-39-17-18-40-88(87)72-49-57-80(58-50-72)102(82-61-53-74(54-62-82)90-44-24-28-70-26-14-16-38-86(70)90)84-64-66-94-92-42-20-22-46-96(92)100(98(94)68-84,77-33-9-3-10-34-77)78-35-11-4-12-36-78/h1-68H. The van der Waals surface area contributed by atoms with E-state index in [0.717, 1.165) is 56.4 Å². The van der Waals surface area contributed by atoms with E-state index < -0.39 is 10.8 Å². The van der Waals surface area contributed by atoms with Gasteiger partial charge >= 0.3 is 0 Å². The van der Waals surface area contributed by atoms with Gasteiger partial charge in [0.15, 0.2) is 0 Å². The summed E-state index contributed by atoms with van der Waals surface area (Å²) in [6, 6.07) is 153. The van der Waals surface area contributed by atoms with Crippen molar-refractivity contribution in [3.05, 3.63) is 457 Å². The van der Waals surface area contributed by atoms with Gasteiger partial charge in [-0.1, -0.05) is 340 Å². The summed E-state index contributed by atoms with van der Waals surface area (Å²) in [5.41, 5.74) is 29.7. The highest BCUT2D eigenvalue weighted by Gasteiger charge is 2.48. The largest absolute Gasteiger partial charge is 0.310 e. The van der Waals surface area contributed by atoms with Gasteiger partial charge in [-0.15, -0.1) is 0 Å². The van der Waals surface area contributed by atoms with Crippen LogP contribution in [0.5, 0.6) is 0 Å². The van der Waals surface area contributed by atoms with Crippen LogP contribution in [0.15, 0.2) is 413 Å². The van der Waals surface area contributed by atoms with Crippen LogP contribution in [0.2, 0.25) is 0 Å². The molecule has 2 nitrogen and oxygen atoms in total. The monoisotopic (exact) mass is 1300 g/mol. The van der Waals surface area contributed by atoms with Gasteiger partial charge in [0.1, 0.15) is 0 Å². The minimum absolute atomic E-state index is 0.560. The van der Waals surface area contributed by atoms with Gasteiger partial charge in [-0.05, 0) is 206 Å². The van der Waals surface area contributed by atoms with E-state index in [0.29, 0.717) is 0 Å². The van der Waals surface area contributed by atoms with Crippen LogP contribution in [0.3, 0.4) is 0 Å². The second kappa shape index (κ2) is 25.0. The van der Waals surface area contributed by atoms with E-state index in [9.17, 15) is 0 Å². The summed E-state index contributed by atoms with van der Waals surface area (Å²) < 4.78 is 0. The van der Waals surface area contributed by atoms with E-state index in [1.54, 1.807) is 0 Å². The third-order valence-electron chi connectivity index (χ3n) is 21.7. The Morgan fingerprint density at radius 2 is 0.402 bits per heavy atom. The van der Waals surface area contributed by atoms with Crippen LogP contribution in [-0.2, 0) is 10.8 Å². The summed E-state index contributed by atoms with van der Waals surface area (Å²) in [5, 5.41) is 4.94. The summed E-state index contributed by atoms with van der Waals surface area (Å²) >= 11 is 0. The predicted octanol–water partition coefficient (Wildman–Crippen LogP) is 26.3. The second-order valence-electron chi connectivity index (χ2n) is 27.0. The molecule has 0 atom stereocenters. The minimum Gasteiger partial charge on any atom is -0.310 e. The minimum atomic E-state index is -0.560. The number of nitrogens with zero attached hydrogens (tertiary/aromatic N) is 2. The quantitative estimate of drug-likeness (QED) is 0.107. The Labute approximate surface area is 596 Å². The molecule has 17 aromatic rings. The van der Waals surface area contributed by atoms with Crippen molar-refractivity contribution in [2.24, 2.45) is 0 Å². The summed E-state index contributed by atoms with van der Waals surface area (Å²) in [6.07, 6.45) is 0. The molecule has 2 heteroatoms. The first-order chi connectivity index (χ1) is 50.6. The lowest BCUT2D eigenvalue weighted by Crippen LogP contribution is -2.28. The maximum Gasteiger partial charge on any atom is 0.0714 e. The molecule has 478 valence electrons. The third kappa shape index (κ3) is 9.78. The van der Waals surface area contributed by atoms with E-state index in [2.05, 4.69) is 422 Å². The van der Waals surface area contributed by atoms with Crippen molar-refractivity contribution in [1.82, 2.24) is 0 Å². The smallest absolute Gasteiger partial charge is 0.0714 e. The summed E-state index contributed by atoms with van der Waals surface area (Å²) in [4.78, 5) is 4.88. The molecule has 0 aliphatic heterocycles. The highest BCUT2D eigenvalue weighted by atomic mass is 15.1. The number of rotatable bonds is 14. The van der Waals surface area contributed by atoms with Gasteiger partial charge in [0.25, 0.3) is 0 Å². The summed E-state index contributed by atoms with van der Waals surface area (Å²) in [5.74, 6) is 0. The van der Waals surface area contributed by atoms with Crippen molar-refractivity contribution in [3.8, 4) is 66.8 Å². The molecule has 0 amide bonds. The number of fused-ring (bicyclic) bond motifs is 8. The SMILES string of the molecule is c1ccc(C2(c3ccccc3)c3ccccc3-c3ccc(N(c4ccc(-c5ccccc5-c5ccc(N(c6ccc(-c7cccc8ccccc78)cc6)c6ccc7c(c6)C(c6ccccc6)(c6ccccc6)c6ccccc6-7)cc5)cc4)c4ccc(-c5cccc6ccccc56)cc4)cc32)cc1. The molecule has 2 aliphatic rings. The van der Waals surface area contributed by atoms with E-state index in [1.807, 2.05) is 0 Å². The zero-order chi connectivity index (χ0) is 67.6. The van der Waals surface area contributed by atoms with E-state index in [-0.39, 0.29) is 0 Å². The van der Waals surface area contributed by atoms with Crippen molar-refractivity contribution in [2.45, 2.75) is 10.8 Å². The summed E-state index contributed by atoms with van der Waals surface area (Å²) in [6.45, 7) is 0. The van der Waals surface area contributed by atoms with E-state index >= 15 is 0 Å². The molecule has 0 heterocycles.